The third-order valence-corrected chi connectivity index (χ3v) is 4.60. The molecule has 3 rings (SSSR count). The zero-order chi connectivity index (χ0) is 16.0. The summed E-state index contributed by atoms with van der Waals surface area (Å²) in [6.45, 7) is 4.15. The molecule has 0 atom stereocenters. The fourth-order valence-corrected chi connectivity index (χ4v) is 3.35. The monoisotopic (exact) mass is 304 g/mol. The molecule has 2 aromatic carbocycles. The minimum absolute atomic E-state index is 0.0298. The first-order chi connectivity index (χ1) is 10.3. The van der Waals surface area contributed by atoms with E-state index in [1.807, 2.05) is 0 Å². The van der Waals surface area contributed by atoms with E-state index in [2.05, 4.69) is 32.0 Å². The van der Waals surface area contributed by atoms with E-state index < -0.39 is 11.7 Å². The third kappa shape index (κ3) is 2.90. The maximum Gasteiger partial charge on any atom is 0.416 e. The van der Waals surface area contributed by atoms with Crippen molar-refractivity contribution in [3.63, 3.8) is 0 Å². The van der Waals surface area contributed by atoms with Gasteiger partial charge in [-0.15, -0.1) is 0 Å². The lowest BCUT2D eigenvalue weighted by Gasteiger charge is -2.19. The van der Waals surface area contributed by atoms with Crippen LogP contribution in [-0.4, -0.2) is 0 Å². The van der Waals surface area contributed by atoms with Gasteiger partial charge in [0, 0.05) is 0 Å². The number of halogens is 3. The second kappa shape index (κ2) is 5.15. The van der Waals surface area contributed by atoms with Gasteiger partial charge in [-0.25, -0.2) is 0 Å². The largest absolute Gasteiger partial charge is 0.416 e. The van der Waals surface area contributed by atoms with Gasteiger partial charge in [0.05, 0.1) is 5.56 Å². The zero-order valence-electron chi connectivity index (χ0n) is 12.8. The van der Waals surface area contributed by atoms with Gasteiger partial charge >= 0.3 is 6.18 Å². The van der Waals surface area contributed by atoms with Gasteiger partial charge in [-0.3, -0.25) is 0 Å². The molecule has 0 nitrogen and oxygen atoms in total. The van der Waals surface area contributed by atoms with Crippen LogP contribution in [0.15, 0.2) is 42.5 Å². The Hall–Kier alpha value is -1.77. The van der Waals surface area contributed by atoms with Crippen LogP contribution in [0.25, 0.3) is 0 Å². The molecule has 116 valence electrons. The van der Waals surface area contributed by atoms with Gasteiger partial charge in [0.25, 0.3) is 0 Å². The van der Waals surface area contributed by atoms with E-state index in [9.17, 15) is 13.2 Å². The first-order valence-electron chi connectivity index (χ1n) is 7.54. The highest BCUT2D eigenvalue weighted by Crippen LogP contribution is 2.52. The summed E-state index contributed by atoms with van der Waals surface area (Å²) in [4.78, 5) is 0. The van der Waals surface area contributed by atoms with E-state index in [1.54, 1.807) is 6.07 Å². The Balaban J connectivity index is 1.90. The number of hydrogen-bond donors (Lipinski definition) is 0. The predicted octanol–water partition coefficient (Wildman–Crippen LogP) is 5.60. The van der Waals surface area contributed by atoms with Crippen LogP contribution < -0.4 is 0 Å². The molecule has 22 heavy (non-hydrogen) atoms. The van der Waals surface area contributed by atoms with E-state index in [0.717, 1.165) is 24.5 Å². The second-order valence-corrected chi connectivity index (χ2v) is 6.47. The van der Waals surface area contributed by atoms with Crippen molar-refractivity contribution in [2.45, 2.75) is 44.7 Å². The lowest BCUT2D eigenvalue weighted by atomic mass is 9.85. The molecule has 1 aliphatic carbocycles. The van der Waals surface area contributed by atoms with Gasteiger partial charge in [0.1, 0.15) is 0 Å². The summed E-state index contributed by atoms with van der Waals surface area (Å²) in [6, 6.07) is 12.1. The van der Waals surface area contributed by atoms with Crippen molar-refractivity contribution < 1.29 is 13.2 Å². The molecular weight excluding hydrogens is 285 g/mol. The highest BCUT2D eigenvalue weighted by atomic mass is 19.4. The van der Waals surface area contributed by atoms with Crippen molar-refractivity contribution in [1.29, 1.82) is 0 Å². The van der Waals surface area contributed by atoms with Gasteiger partial charge in [-0.2, -0.15) is 13.2 Å². The molecule has 0 bridgehead atoms. The van der Waals surface area contributed by atoms with Crippen LogP contribution in [0.5, 0.6) is 0 Å². The Morgan fingerprint density at radius 3 is 2.32 bits per heavy atom. The molecule has 0 amide bonds. The maximum atomic E-state index is 12.8. The van der Waals surface area contributed by atoms with Crippen molar-refractivity contribution in [2.24, 2.45) is 0 Å². The van der Waals surface area contributed by atoms with Gasteiger partial charge in [0.2, 0.25) is 0 Å². The molecule has 0 saturated heterocycles. The fraction of sp³-hybridized carbons (Fsp3) is 0.368. The summed E-state index contributed by atoms with van der Waals surface area (Å²) in [5, 5.41) is 0. The van der Waals surface area contributed by atoms with E-state index >= 15 is 0 Å². The number of benzene rings is 2. The van der Waals surface area contributed by atoms with E-state index in [1.165, 1.54) is 28.8 Å². The van der Waals surface area contributed by atoms with Crippen LogP contribution in [0.4, 0.5) is 13.2 Å². The van der Waals surface area contributed by atoms with Crippen molar-refractivity contribution in [2.75, 3.05) is 0 Å². The van der Waals surface area contributed by atoms with E-state index in [4.69, 9.17) is 0 Å². The van der Waals surface area contributed by atoms with Crippen molar-refractivity contribution in [3.8, 4) is 0 Å². The molecule has 0 aromatic heterocycles. The highest BCUT2D eigenvalue weighted by molar-refractivity contribution is 5.42. The summed E-state index contributed by atoms with van der Waals surface area (Å²) in [6.07, 6.45) is -1.49. The molecule has 0 radical (unpaired) electrons. The topological polar surface area (TPSA) is 0 Å². The molecule has 3 heteroatoms. The zero-order valence-corrected chi connectivity index (χ0v) is 12.8. The predicted molar refractivity (Wildman–Crippen MR) is 82.0 cm³/mol. The lowest BCUT2D eigenvalue weighted by Crippen LogP contribution is -2.13. The minimum Gasteiger partial charge on any atom is -0.166 e. The summed E-state index contributed by atoms with van der Waals surface area (Å²) < 4.78 is 38.5. The molecule has 0 N–H and O–H groups in total. The van der Waals surface area contributed by atoms with Crippen LogP contribution in [0.3, 0.4) is 0 Å². The maximum absolute atomic E-state index is 12.8. The summed E-state index contributed by atoms with van der Waals surface area (Å²) in [5.74, 6) is 0. The van der Waals surface area contributed by atoms with Crippen LogP contribution in [0.2, 0.25) is 0 Å². The third-order valence-electron chi connectivity index (χ3n) is 4.60. The standard InChI is InChI=1S/C19H19F3/c1-13-6-7-17(14(2)10-13)18(8-9-18)12-15-4-3-5-16(11-15)19(20,21)22/h3-7,10-11H,8-9,12H2,1-2H3. The Bertz CT molecular complexity index is 694. The lowest BCUT2D eigenvalue weighted by molar-refractivity contribution is -0.137. The molecule has 1 aliphatic rings. The van der Waals surface area contributed by atoms with Crippen molar-refractivity contribution >= 4 is 0 Å². The average molecular weight is 304 g/mol. The smallest absolute Gasteiger partial charge is 0.166 e. The Kier molecular flexibility index (Phi) is 3.54. The number of hydrogen-bond acceptors (Lipinski definition) is 0. The Labute approximate surface area is 129 Å². The molecule has 2 aromatic rings. The van der Waals surface area contributed by atoms with Crippen LogP contribution >= 0.6 is 0 Å². The van der Waals surface area contributed by atoms with Crippen LogP contribution in [0.1, 0.15) is 40.7 Å². The molecule has 0 heterocycles. The van der Waals surface area contributed by atoms with Crippen molar-refractivity contribution in [3.05, 3.63) is 70.3 Å². The van der Waals surface area contributed by atoms with Gasteiger partial charge in [-0.1, -0.05) is 42.0 Å². The summed E-state index contributed by atoms with van der Waals surface area (Å²) >= 11 is 0. The molecule has 0 unspecified atom stereocenters. The highest BCUT2D eigenvalue weighted by Gasteiger charge is 2.45. The number of rotatable bonds is 3. The molecule has 0 aliphatic heterocycles. The van der Waals surface area contributed by atoms with Crippen LogP contribution in [0, 0.1) is 13.8 Å². The molecule has 1 saturated carbocycles. The Morgan fingerprint density at radius 2 is 1.73 bits per heavy atom. The van der Waals surface area contributed by atoms with Crippen molar-refractivity contribution in [1.82, 2.24) is 0 Å². The van der Waals surface area contributed by atoms with E-state index in [-0.39, 0.29) is 5.41 Å². The van der Waals surface area contributed by atoms with Gasteiger partial charge in [-0.05, 0) is 61.3 Å². The van der Waals surface area contributed by atoms with Crippen LogP contribution in [-0.2, 0) is 18.0 Å². The van der Waals surface area contributed by atoms with Gasteiger partial charge < -0.3 is 0 Å². The first kappa shape index (κ1) is 15.1. The second-order valence-electron chi connectivity index (χ2n) is 6.47. The number of aryl methyl sites for hydroxylation is 2. The Morgan fingerprint density at radius 1 is 1.00 bits per heavy atom. The normalized spacial score (nSPS) is 16.6. The SMILES string of the molecule is Cc1ccc(C2(Cc3cccc(C(F)(F)F)c3)CC2)c(C)c1. The summed E-state index contributed by atoms with van der Waals surface area (Å²) in [5.41, 5.74) is 3.99. The van der Waals surface area contributed by atoms with Gasteiger partial charge in [0.15, 0.2) is 0 Å². The summed E-state index contributed by atoms with van der Waals surface area (Å²) in [7, 11) is 0. The average Bonchev–Trinajstić information content (AvgIpc) is 3.18. The fourth-order valence-electron chi connectivity index (χ4n) is 3.35. The molecular formula is C19H19F3. The number of alkyl halides is 3. The first-order valence-corrected chi connectivity index (χ1v) is 7.54. The van der Waals surface area contributed by atoms with E-state index in [0.29, 0.717) is 6.42 Å². The molecule has 1 fully saturated rings. The molecule has 0 spiro atoms. The minimum atomic E-state index is -4.27. The quantitative estimate of drug-likeness (QED) is 0.692.